The molecule has 162 valence electrons. The van der Waals surface area contributed by atoms with Gasteiger partial charge in [-0.15, -0.1) is 0 Å². The van der Waals surface area contributed by atoms with Crippen LogP contribution in [-0.2, 0) is 16.6 Å². The van der Waals surface area contributed by atoms with Crippen LogP contribution >= 0.6 is 0 Å². The lowest BCUT2D eigenvalue weighted by atomic mass is 9.89. The summed E-state index contributed by atoms with van der Waals surface area (Å²) in [6, 6.07) is 3.82. The van der Waals surface area contributed by atoms with Crippen LogP contribution in [0.2, 0.25) is 0 Å². The van der Waals surface area contributed by atoms with Gasteiger partial charge in [0, 0.05) is 6.04 Å². The number of hydrogen-bond donors (Lipinski definition) is 1. The minimum Gasteiger partial charge on any atom is -0.207 e. The van der Waals surface area contributed by atoms with E-state index < -0.39 is 10.0 Å². The van der Waals surface area contributed by atoms with Crippen molar-refractivity contribution >= 4 is 10.0 Å². The van der Waals surface area contributed by atoms with Crippen molar-refractivity contribution in [1.29, 1.82) is 0 Å². The lowest BCUT2D eigenvalue weighted by Gasteiger charge is -2.26. The molecule has 1 heterocycles. The molecule has 29 heavy (non-hydrogen) atoms. The molecule has 0 aliphatic carbocycles. The Labute approximate surface area is 176 Å². The van der Waals surface area contributed by atoms with E-state index in [1.807, 2.05) is 13.8 Å². The standard InChI is InChI=1S/C22H36N4O2S/c1-14(2)18-11-19(15(3)4)22(20(12-18)16(5)6)29(27,28)25-21(17(7)8)13-26-23-9-10-24-26/h9-12,14-17,21,25H,13H2,1-8H3. The number of hydrogen-bond acceptors (Lipinski definition) is 4. The Morgan fingerprint density at radius 2 is 1.34 bits per heavy atom. The molecule has 0 spiro atoms. The molecule has 0 saturated carbocycles. The summed E-state index contributed by atoms with van der Waals surface area (Å²) in [7, 11) is -3.72. The highest BCUT2D eigenvalue weighted by molar-refractivity contribution is 7.89. The van der Waals surface area contributed by atoms with Gasteiger partial charge in [0.25, 0.3) is 0 Å². The van der Waals surface area contributed by atoms with Gasteiger partial charge < -0.3 is 0 Å². The van der Waals surface area contributed by atoms with Crippen molar-refractivity contribution in [2.75, 3.05) is 0 Å². The lowest BCUT2D eigenvalue weighted by Crippen LogP contribution is -2.42. The van der Waals surface area contributed by atoms with Gasteiger partial charge in [-0.2, -0.15) is 15.0 Å². The predicted molar refractivity (Wildman–Crippen MR) is 118 cm³/mol. The Hall–Kier alpha value is -1.73. The molecule has 1 aromatic carbocycles. The van der Waals surface area contributed by atoms with Gasteiger partial charge in [-0.1, -0.05) is 67.5 Å². The first-order valence-electron chi connectivity index (χ1n) is 10.5. The molecule has 0 amide bonds. The van der Waals surface area contributed by atoms with Gasteiger partial charge in [0.2, 0.25) is 10.0 Å². The highest BCUT2D eigenvalue weighted by Gasteiger charge is 2.30. The molecule has 2 rings (SSSR count). The summed E-state index contributed by atoms with van der Waals surface area (Å²) < 4.78 is 30.3. The van der Waals surface area contributed by atoms with E-state index in [9.17, 15) is 8.42 Å². The molecule has 2 aromatic rings. The van der Waals surface area contributed by atoms with E-state index >= 15 is 0 Å². The summed E-state index contributed by atoms with van der Waals surface area (Å²) in [5.41, 5.74) is 2.94. The van der Waals surface area contributed by atoms with E-state index in [1.165, 1.54) is 10.4 Å². The van der Waals surface area contributed by atoms with Crippen LogP contribution in [0.25, 0.3) is 0 Å². The van der Waals surface area contributed by atoms with Gasteiger partial charge in [0.15, 0.2) is 0 Å². The fourth-order valence-electron chi connectivity index (χ4n) is 3.36. The van der Waals surface area contributed by atoms with Crippen LogP contribution in [0.3, 0.4) is 0 Å². The summed E-state index contributed by atoms with van der Waals surface area (Å²) in [6.07, 6.45) is 3.20. The van der Waals surface area contributed by atoms with E-state index in [4.69, 9.17) is 0 Å². The first-order chi connectivity index (χ1) is 13.4. The molecule has 1 unspecified atom stereocenters. The maximum absolute atomic E-state index is 13.6. The molecule has 1 aromatic heterocycles. The first kappa shape index (κ1) is 23.5. The van der Waals surface area contributed by atoms with Crippen LogP contribution in [0.4, 0.5) is 0 Å². The van der Waals surface area contributed by atoms with Gasteiger partial charge >= 0.3 is 0 Å². The SMILES string of the molecule is CC(C)c1cc(C(C)C)c(S(=O)(=O)NC(Cn2nccn2)C(C)C)c(C(C)C)c1. The van der Waals surface area contributed by atoms with Crippen molar-refractivity contribution in [2.24, 2.45) is 5.92 Å². The molecular weight excluding hydrogens is 384 g/mol. The number of aromatic nitrogens is 3. The number of benzene rings is 1. The molecule has 6 nitrogen and oxygen atoms in total. The molecular formula is C22H36N4O2S. The molecule has 0 bridgehead atoms. The van der Waals surface area contributed by atoms with Crippen molar-refractivity contribution in [3.63, 3.8) is 0 Å². The Morgan fingerprint density at radius 1 is 0.862 bits per heavy atom. The number of rotatable bonds is 9. The number of nitrogens with zero attached hydrogens (tertiary/aromatic N) is 3. The summed E-state index contributed by atoms with van der Waals surface area (Å²) in [5.74, 6) is 0.630. The third-order valence-electron chi connectivity index (χ3n) is 5.29. The van der Waals surface area contributed by atoms with Crippen LogP contribution in [0, 0.1) is 5.92 Å². The van der Waals surface area contributed by atoms with E-state index in [2.05, 4.69) is 68.6 Å². The van der Waals surface area contributed by atoms with Crippen LogP contribution in [-0.4, -0.2) is 29.5 Å². The van der Waals surface area contributed by atoms with E-state index in [0.717, 1.165) is 11.1 Å². The van der Waals surface area contributed by atoms with Crippen molar-refractivity contribution < 1.29 is 8.42 Å². The molecule has 7 heteroatoms. The van der Waals surface area contributed by atoms with Crippen LogP contribution < -0.4 is 4.72 Å². The normalized spacial score (nSPS) is 13.8. The predicted octanol–water partition coefficient (Wildman–Crippen LogP) is 4.65. The topological polar surface area (TPSA) is 76.9 Å². The Balaban J connectivity index is 2.56. The zero-order chi connectivity index (χ0) is 21.9. The van der Waals surface area contributed by atoms with Gasteiger partial charge in [-0.05, 0) is 40.4 Å². The molecule has 0 aliphatic heterocycles. The Kier molecular flexibility index (Phi) is 7.62. The van der Waals surface area contributed by atoms with Crippen LogP contribution in [0.1, 0.15) is 89.8 Å². The monoisotopic (exact) mass is 420 g/mol. The van der Waals surface area contributed by atoms with E-state index in [1.54, 1.807) is 12.4 Å². The average Bonchev–Trinajstić information content (AvgIpc) is 3.12. The average molecular weight is 421 g/mol. The Morgan fingerprint density at radius 3 is 1.72 bits per heavy atom. The summed E-state index contributed by atoms with van der Waals surface area (Å²) in [5, 5.41) is 8.27. The lowest BCUT2D eigenvalue weighted by molar-refractivity contribution is 0.361. The van der Waals surface area contributed by atoms with Crippen LogP contribution in [0.5, 0.6) is 0 Å². The Bertz CT molecular complexity index is 872. The minimum atomic E-state index is -3.72. The minimum absolute atomic E-state index is 0.0933. The van der Waals surface area contributed by atoms with Crippen LogP contribution in [0.15, 0.2) is 29.4 Å². The quantitative estimate of drug-likeness (QED) is 0.640. The second kappa shape index (κ2) is 9.39. The van der Waals surface area contributed by atoms with Crippen molar-refractivity contribution in [1.82, 2.24) is 19.7 Å². The summed E-state index contributed by atoms with van der Waals surface area (Å²) in [6.45, 7) is 16.9. The van der Waals surface area contributed by atoms with Gasteiger partial charge in [-0.25, -0.2) is 13.1 Å². The summed E-state index contributed by atoms with van der Waals surface area (Å²) >= 11 is 0. The molecule has 1 atom stereocenters. The zero-order valence-electron chi connectivity index (χ0n) is 19.0. The fourth-order valence-corrected chi connectivity index (χ4v) is 5.43. The largest absolute Gasteiger partial charge is 0.241 e. The smallest absolute Gasteiger partial charge is 0.207 e. The van der Waals surface area contributed by atoms with E-state index in [0.29, 0.717) is 17.4 Å². The summed E-state index contributed by atoms with van der Waals surface area (Å²) in [4.78, 5) is 1.97. The second-order valence-corrected chi connectivity index (χ2v) is 10.7. The third kappa shape index (κ3) is 5.66. The highest BCUT2D eigenvalue weighted by Crippen LogP contribution is 2.35. The third-order valence-corrected chi connectivity index (χ3v) is 6.91. The van der Waals surface area contributed by atoms with Crippen molar-refractivity contribution in [3.05, 3.63) is 41.2 Å². The molecule has 1 N–H and O–H groups in total. The fraction of sp³-hybridized carbons (Fsp3) is 0.636. The number of sulfonamides is 1. The first-order valence-corrected chi connectivity index (χ1v) is 12.0. The van der Waals surface area contributed by atoms with Crippen molar-refractivity contribution in [2.45, 2.75) is 90.6 Å². The van der Waals surface area contributed by atoms with Gasteiger partial charge in [-0.3, -0.25) is 0 Å². The second-order valence-electron chi connectivity index (χ2n) is 9.05. The highest BCUT2D eigenvalue weighted by atomic mass is 32.2. The zero-order valence-corrected chi connectivity index (χ0v) is 19.8. The molecule has 0 aliphatic rings. The maximum Gasteiger partial charge on any atom is 0.241 e. The molecule has 0 radical (unpaired) electrons. The van der Waals surface area contributed by atoms with Crippen molar-refractivity contribution in [3.8, 4) is 0 Å². The maximum atomic E-state index is 13.6. The van der Waals surface area contributed by atoms with E-state index in [-0.39, 0.29) is 23.8 Å². The number of nitrogens with one attached hydrogen (secondary N) is 1. The van der Waals surface area contributed by atoms with Gasteiger partial charge in [0.1, 0.15) is 0 Å². The molecule has 0 fully saturated rings. The van der Waals surface area contributed by atoms with Gasteiger partial charge in [0.05, 0.1) is 23.8 Å². The molecule has 0 saturated heterocycles.